The number of imidazole rings is 1. The van der Waals surface area contributed by atoms with E-state index in [1.807, 2.05) is 19.1 Å². The van der Waals surface area contributed by atoms with Gasteiger partial charge in [-0.3, -0.25) is 4.40 Å². The van der Waals surface area contributed by atoms with E-state index in [-0.39, 0.29) is 0 Å². The molecule has 22 heavy (non-hydrogen) atoms. The molecule has 0 saturated carbocycles. The van der Waals surface area contributed by atoms with Gasteiger partial charge < -0.3 is 0 Å². The van der Waals surface area contributed by atoms with Crippen LogP contribution in [0.15, 0.2) is 61.2 Å². The number of benzene rings is 2. The fourth-order valence-electron chi connectivity index (χ4n) is 3.15. The number of nitrogens with zero attached hydrogens (tertiary/aromatic N) is 2. The van der Waals surface area contributed by atoms with Crippen LogP contribution in [-0.4, -0.2) is 9.38 Å². The standard InChI is InChI=1S/C20H16N2/c1-3-9-19-17(4-2)21-20-16-12-6-5-10-14(16)15-11-7-8-13-18(15)22(19)20/h3-13H,2H2,1H3/b9-3-. The normalized spacial score (nSPS) is 11.9. The molecular weight excluding hydrogens is 268 g/mol. The molecule has 106 valence electrons. The Bertz CT molecular complexity index is 1050. The highest BCUT2D eigenvalue weighted by Crippen LogP contribution is 2.31. The van der Waals surface area contributed by atoms with E-state index in [0.29, 0.717) is 0 Å². The van der Waals surface area contributed by atoms with Crippen LogP contribution in [0.1, 0.15) is 18.3 Å². The van der Waals surface area contributed by atoms with Crippen LogP contribution in [0.5, 0.6) is 0 Å². The van der Waals surface area contributed by atoms with Crippen LogP contribution < -0.4 is 0 Å². The molecule has 0 atom stereocenters. The average molecular weight is 284 g/mol. The molecule has 0 N–H and O–H groups in total. The first-order valence-corrected chi connectivity index (χ1v) is 7.42. The molecule has 2 aromatic carbocycles. The Hall–Kier alpha value is -2.87. The van der Waals surface area contributed by atoms with Crippen LogP contribution in [0, 0.1) is 0 Å². The maximum atomic E-state index is 4.82. The molecule has 4 aromatic rings. The summed E-state index contributed by atoms with van der Waals surface area (Å²) in [5, 5.41) is 3.64. The summed E-state index contributed by atoms with van der Waals surface area (Å²) in [6.45, 7) is 5.94. The molecule has 4 rings (SSSR count). The number of hydrogen-bond acceptors (Lipinski definition) is 1. The summed E-state index contributed by atoms with van der Waals surface area (Å²) in [4.78, 5) is 4.82. The monoisotopic (exact) mass is 284 g/mol. The summed E-state index contributed by atoms with van der Waals surface area (Å²) >= 11 is 0. The maximum absolute atomic E-state index is 4.82. The lowest BCUT2D eigenvalue weighted by Crippen LogP contribution is -1.93. The molecule has 0 radical (unpaired) electrons. The maximum Gasteiger partial charge on any atom is 0.146 e. The van der Waals surface area contributed by atoms with Crippen molar-refractivity contribution in [2.75, 3.05) is 0 Å². The fraction of sp³-hybridized carbons (Fsp3) is 0.0500. The second-order valence-corrected chi connectivity index (χ2v) is 5.31. The smallest absolute Gasteiger partial charge is 0.146 e. The van der Waals surface area contributed by atoms with Crippen LogP contribution in [0.2, 0.25) is 0 Å². The quantitative estimate of drug-likeness (QED) is 0.455. The fourth-order valence-corrected chi connectivity index (χ4v) is 3.15. The average Bonchev–Trinajstić information content (AvgIpc) is 2.94. The largest absolute Gasteiger partial charge is 0.292 e. The number of pyridine rings is 1. The minimum atomic E-state index is 0.916. The van der Waals surface area contributed by atoms with Gasteiger partial charge in [0.2, 0.25) is 0 Å². The van der Waals surface area contributed by atoms with Crippen molar-refractivity contribution in [1.82, 2.24) is 9.38 Å². The predicted molar refractivity (Wildman–Crippen MR) is 95.0 cm³/mol. The van der Waals surface area contributed by atoms with Gasteiger partial charge in [-0.25, -0.2) is 4.98 Å². The number of allylic oxidation sites excluding steroid dienone is 1. The van der Waals surface area contributed by atoms with Gasteiger partial charge in [-0.05, 0) is 30.5 Å². The number of hydrogen-bond donors (Lipinski definition) is 0. The Morgan fingerprint density at radius 3 is 2.36 bits per heavy atom. The molecule has 0 amide bonds. The van der Waals surface area contributed by atoms with Gasteiger partial charge in [-0.15, -0.1) is 0 Å². The molecule has 0 unspecified atom stereocenters. The molecular formula is C20H16N2. The zero-order chi connectivity index (χ0) is 15.1. The number of rotatable bonds is 2. The van der Waals surface area contributed by atoms with Gasteiger partial charge in [0, 0.05) is 10.8 Å². The van der Waals surface area contributed by atoms with Crippen molar-refractivity contribution in [2.45, 2.75) is 6.92 Å². The lowest BCUT2D eigenvalue weighted by atomic mass is 10.1. The second-order valence-electron chi connectivity index (χ2n) is 5.31. The van der Waals surface area contributed by atoms with E-state index in [4.69, 9.17) is 4.98 Å². The Balaban J connectivity index is 2.39. The Labute approximate surface area is 129 Å². The van der Waals surface area contributed by atoms with Crippen LogP contribution in [-0.2, 0) is 0 Å². The molecule has 0 aliphatic rings. The van der Waals surface area contributed by atoms with Gasteiger partial charge in [0.1, 0.15) is 5.65 Å². The van der Waals surface area contributed by atoms with Crippen molar-refractivity contribution in [3.8, 4) is 0 Å². The van der Waals surface area contributed by atoms with Crippen molar-refractivity contribution >= 4 is 39.5 Å². The van der Waals surface area contributed by atoms with Crippen LogP contribution >= 0.6 is 0 Å². The predicted octanol–water partition coefficient (Wildman–Crippen LogP) is 5.32. The molecule has 2 aromatic heterocycles. The van der Waals surface area contributed by atoms with Gasteiger partial charge in [-0.1, -0.05) is 55.1 Å². The van der Waals surface area contributed by atoms with E-state index in [1.165, 1.54) is 21.7 Å². The van der Waals surface area contributed by atoms with Crippen molar-refractivity contribution in [2.24, 2.45) is 0 Å². The van der Waals surface area contributed by atoms with Crippen LogP contribution in [0.3, 0.4) is 0 Å². The lowest BCUT2D eigenvalue weighted by Gasteiger charge is -2.09. The van der Waals surface area contributed by atoms with Crippen LogP contribution in [0.4, 0.5) is 0 Å². The van der Waals surface area contributed by atoms with E-state index in [0.717, 1.165) is 17.0 Å². The molecule has 0 bridgehead atoms. The van der Waals surface area contributed by atoms with Gasteiger partial charge in [0.15, 0.2) is 0 Å². The van der Waals surface area contributed by atoms with E-state index < -0.39 is 0 Å². The molecule has 0 aliphatic carbocycles. The van der Waals surface area contributed by atoms with Crippen molar-refractivity contribution < 1.29 is 0 Å². The summed E-state index contributed by atoms with van der Waals surface area (Å²) in [5.41, 5.74) is 4.15. The Kier molecular flexibility index (Phi) is 2.83. The summed E-state index contributed by atoms with van der Waals surface area (Å²) in [7, 11) is 0. The Morgan fingerprint density at radius 1 is 0.955 bits per heavy atom. The number of fused-ring (bicyclic) bond motifs is 6. The minimum absolute atomic E-state index is 0.916. The van der Waals surface area contributed by atoms with Crippen molar-refractivity contribution in [1.29, 1.82) is 0 Å². The highest BCUT2D eigenvalue weighted by Gasteiger charge is 2.14. The first kappa shape index (κ1) is 12.8. The van der Waals surface area contributed by atoms with E-state index >= 15 is 0 Å². The second kappa shape index (κ2) is 4.85. The van der Waals surface area contributed by atoms with E-state index in [9.17, 15) is 0 Å². The van der Waals surface area contributed by atoms with Gasteiger partial charge in [0.25, 0.3) is 0 Å². The topological polar surface area (TPSA) is 17.3 Å². The molecule has 0 aliphatic heterocycles. The minimum Gasteiger partial charge on any atom is -0.292 e. The molecule has 2 nitrogen and oxygen atoms in total. The summed E-state index contributed by atoms with van der Waals surface area (Å²) in [6.07, 6.45) is 5.96. The SMILES string of the molecule is C=Cc1nc2c3ccccc3c3ccccc3n2c1/C=C\C. The zero-order valence-electron chi connectivity index (χ0n) is 12.5. The van der Waals surface area contributed by atoms with Gasteiger partial charge >= 0.3 is 0 Å². The third-order valence-electron chi connectivity index (χ3n) is 4.06. The van der Waals surface area contributed by atoms with Crippen molar-refractivity contribution in [3.05, 3.63) is 72.6 Å². The first-order chi connectivity index (χ1) is 10.8. The molecule has 2 heterocycles. The summed E-state index contributed by atoms with van der Waals surface area (Å²) in [5.74, 6) is 0. The molecule has 0 saturated heterocycles. The highest BCUT2D eigenvalue weighted by molar-refractivity contribution is 6.12. The summed E-state index contributed by atoms with van der Waals surface area (Å²) in [6, 6.07) is 16.9. The highest BCUT2D eigenvalue weighted by atomic mass is 15.0. The van der Waals surface area contributed by atoms with E-state index in [2.05, 4.69) is 65.6 Å². The third kappa shape index (κ3) is 1.64. The number of aromatic nitrogens is 2. The zero-order valence-corrected chi connectivity index (χ0v) is 12.5. The Morgan fingerprint density at radius 2 is 1.64 bits per heavy atom. The van der Waals surface area contributed by atoms with Gasteiger partial charge in [-0.2, -0.15) is 0 Å². The third-order valence-corrected chi connectivity index (χ3v) is 4.06. The molecule has 0 spiro atoms. The number of para-hydroxylation sites is 1. The summed E-state index contributed by atoms with van der Waals surface area (Å²) < 4.78 is 2.23. The molecule has 2 heteroatoms. The van der Waals surface area contributed by atoms with Crippen LogP contribution in [0.25, 0.3) is 39.5 Å². The lowest BCUT2D eigenvalue weighted by molar-refractivity contribution is 1.25. The van der Waals surface area contributed by atoms with Crippen molar-refractivity contribution in [3.63, 3.8) is 0 Å². The first-order valence-electron chi connectivity index (χ1n) is 7.42. The van der Waals surface area contributed by atoms with Gasteiger partial charge in [0.05, 0.1) is 16.9 Å². The molecule has 0 fully saturated rings. The van der Waals surface area contributed by atoms with E-state index in [1.54, 1.807) is 0 Å².